The Morgan fingerprint density at radius 1 is 1.04 bits per heavy atom. The van der Waals surface area contributed by atoms with Gasteiger partial charge in [-0.05, 0) is 37.3 Å². The van der Waals surface area contributed by atoms with Crippen LogP contribution in [-0.4, -0.2) is 25.1 Å². The highest BCUT2D eigenvalue weighted by Crippen LogP contribution is 2.13. The second-order valence-electron chi connectivity index (χ2n) is 5.06. The van der Waals surface area contributed by atoms with Crippen LogP contribution in [0.1, 0.15) is 22.8 Å². The van der Waals surface area contributed by atoms with Crippen LogP contribution in [-0.2, 0) is 9.53 Å². The molecule has 0 aliphatic carbocycles. The molecule has 0 radical (unpaired) electrons. The van der Waals surface area contributed by atoms with Gasteiger partial charge in [-0.25, -0.2) is 4.79 Å². The van der Waals surface area contributed by atoms with Crippen LogP contribution >= 0.6 is 0 Å². The van der Waals surface area contributed by atoms with Crippen molar-refractivity contribution in [3.63, 3.8) is 0 Å². The summed E-state index contributed by atoms with van der Waals surface area (Å²) < 4.78 is 10.6. The van der Waals surface area contributed by atoms with Gasteiger partial charge in [-0.2, -0.15) is 0 Å². The summed E-state index contributed by atoms with van der Waals surface area (Å²) in [5.74, 6) is 0.0889. The normalized spacial score (nSPS) is 10.0. The Kier molecular flexibility index (Phi) is 5.74. The molecule has 0 aromatic heterocycles. The zero-order chi connectivity index (χ0) is 16.7. The minimum absolute atomic E-state index is 0.150. The average Bonchev–Trinajstić information content (AvgIpc) is 2.52. The number of ether oxygens (including phenoxy) is 2. The minimum atomic E-state index is -0.454. The van der Waals surface area contributed by atoms with Crippen LogP contribution in [0.4, 0.5) is 5.69 Å². The van der Waals surface area contributed by atoms with Crippen molar-refractivity contribution >= 4 is 17.6 Å². The molecular weight excluding hydrogens is 294 g/mol. The highest BCUT2D eigenvalue weighted by Gasteiger charge is 2.08. The summed E-state index contributed by atoms with van der Waals surface area (Å²) in [5.41, 5.74) is 2.09. The van der Waals surface area contributed by atoms with E-state index in [-0.39, 0.29) is 19.1 Å². The Labute approximate surface area is 135 Å². The molecule has 2 aromatic carbocycles. The van der Waals surface area contributed by atoms with Crippen LogP contribution in [0.2, 0.25) is 0 Å². The van der Waals surface area contributed by atoms with Crippen LogP contribution in [0.15, 0.2) is 48.5 Å². The fraction of sp³-hybridized carbons (Fsp3) is 0.222. The molecule has 5 nitrogen and oxygen atoms in total. The maximum atomic E-state index is 11.9. The van der Waals surface area contributed by atoms with Gasteiger partial charge in [0.05, 0.1) is 5.56 Å². The van der Waals surface area contributed by atoms with E-state index in [1.807, 2.05) is 31.2 Å². The third kappa shape index (κ3) is 5.47. The van der Waals surface area contributed by atoms with E-state index in [2.05, 4.69) is 5.32 Å². The lowest BCUT2D eigenvalue weighted by molar-refractivity contribution is -0.114. The van der Waals surface area contributed by atoms with E-state index in [9.17, 15) is 9.59 Å². The molecule has 2 aromatic rings. The van der Waals surface area contributed by atoms with Gasteiger partial charge in [0, 0.05) is 12.6 Å². The molecule has 0 atom stereocenters. The predicted octanol–water partition coefficient (Wildman–Crippen LogP) is 3.19. The fourth-order valence-corrected chi connectivity index (χ4v) is 1.94. The third-order valence-electron chi connectivity index (χ3n) is 3.02. The number of anilines is 1. The molecule has 0 saturated heterocycles. The number of rotatable bonds is 6. The molecular formula is C18H19NO4. The molecule has 1 amide bonds. The first-order chi connectivity index (χ1) is 11.0. The average molecular weight is 313 g/mol. The van der Waals surface area contributed by atoms with E-state index in [0.29, 0.717) is 11.3 Å². The number of aryl methyl sites for hydroxylation is 1. The molecule has 120 valence electrons. The maximum Gasteiger partial charge on any atom is 0.338 e. The summed E-state index contributed by atoms with van der Waals surface area (Å²) in [5, 5.41) is 2.62. The molecule has 1 N–H and O–H groups in total. The molecule has 0 fully saturated rings. The number of hydrogen-bond acceptors (Lipinski definition) is 4. The van der Waals surface area contributed by atoms with Crippen molar-refractivity contribution in [1.29, 1.82) is 0 Å². The zero-order valence-corrected chi connectivity index (χ0v) is 13.2. The molecule has 0 heterocycles. The second-order valence-corrected chi connectivity index (χ2v) is 5.06. The lowest BCUT2D eigenvalue weighted by Gasteiger charge is -2.08. The molecule has 0 spiro atoms. The number of amides is 1. The van der Waals surface area contributed by atoms with Crippen molar-refractivity contribution in [2.75, 3.05) is 18.5 Å². The molecule has 23 heavy (non-hydrogen) atoms. The van der Waals surface area contributed by atoms with Crippen LogP contribution in [0.5, 0.6) is 5.75 Å². The van der Waals surface area contributed by atoms with E-state index < -0.39 is 5.97 Å². The lowest BCUT2D eigenvalue weighted by atomic mass is 10.2. The highest BCUT2D eigenvalue weighted by molar-refractivity contribution is 5.93. The van der Waals surface area contributed by atoms with Crippen molar-refractivity contribution in [2.24, 2.45) is 0 Å². The fourth-order valence-electron chi connectivity index (χ4n) is 1.94. The number of carbonyl (C=O) groups excluding carboxylic acids is 2. The Hall–Kier alpha value is -2.82. The zero-order valence-electron chi connectivity index (χ0n) is 13.2. The van der Waals surface area contributed by atoms with E-state index >= 15 is 0 Å². The van der Waals surface area contributed by atoms with E-state index in [4.69, 9.17) is 9.47 Å². The highest BCUT2D eigenvalue weighted by atomic mass is 16.6. The van der Waals surface area contributed by atoms with Gasteiger partial charge in [-0.1, -0.05) is 23.8 Å². The SMILES string of the molecule is CC(=O)Nc1cccc(C(=O)OCCOc2ccc(C)cc2)c1. The van der Waals surface area contributed by atoms with Gasteiger partial charge >= 0.3 is 5.97 Å². The summed E-state index contributed by atoms with van der Waals surface area (Å²) in [6, 6.07) is 14.2. The van der Waals surface area contributed by atoms with Crippen molar-refractivity contribution in [2.45, 2.75) is 13.8 Å². The Bertz CT molecular complexity index is 680. The van der Waals surface area contributed by atoms with Gasteiger partial charge in [-0.15, -0.1) is 0 Å². The monoisotopic (exact) mass is 313 g/mol. The van der Waals surface area contributed by atoms with Gasteiger partial charge in [0.2, 0.25) is 5.91 Å². The smallest absolute Gasteiger partial charge is 0.338 e. The quantitative estimate of drug-likeness (QED) is 0.657. The van der Waals surface area contributed by atoms with Crippen molar-refractivity contribution < 1.29 is 19.1 Å². The predicted molar refractivity (Wildman–Crippen MR) is 87.7 cm³/mol. The Morgan fingerprint density at radius 2 is 1.78 bits per heavy atom. The second kappa shape index (κ2) is 7.98. The van der Waals surface area contributed by atoms with Crippen molar-refractivity contribution in [3.05, 3.63) is 59.7 Å². The number of benzene rings is 2. The summed E-state index contributed by atoms with van der Waals surface area (Å²) >= 11 is 0. The van der Waals surface area contributed by atoms with Crippen LogP contribution in [0, 0.1) is 6.92 Å². The van der Waals surface area contributed by atoms with Gasteiger partial charge in [0.15, 0.2) is 0 Å². The number of esters is 1. The summed E-state index contributed by atoms with van der Waals surface area (Å²) in [6.07, 6.45) is 0. The molecule has 0 aliphatic heterocycles. The molecule has 0 saturated carbocycles. The van der Waals surface area contributed by atoms with E-state index in [1.165, 1.54) is 6.92 Å². The number of hydrogen-bond donors (Lipinski definition) is 1. The summed E-state index contributed by atoms with van der Waals surface area (Å²) in [7, 11) is 0. The standard InChI is InChI=1S/C18H19NO4/c1-13-6-8-17(9-7-13)22-10-11-23-18(21)15-4-3-5-16(12-15)19-14(2)20/h3-9,12H,10-11H2,1-2H3,(H,19,20). The van der Waals surface area contributed by atoms with Gasteiger partial charge in [0.1, 0.15) is 19.0 Å². The summed E-state index contributed by atoms with van der Waals surface area (Å²) in [4.78, 5) is 23.0. The number of nitrogens with one attached hydrogen (secondary N) is 1. The van der Waals surface area contributed by atoms with Crippen molar-refractivity contribution in [3.8, 4) is 5.75 Å². The first kappa shape index (κ1) is 16.5. The van der Waals surface area contributed by atoms with Gasteiger partial charge < -0.3 is 14.8 Å². The topological polar surface area (TPSA) is 64.6 Å². The number of carbonyl (C=O) groups is 2. The largest absolute Gasteiger partial charge is 0.490 e. The summed E-state index contributed by atoms with van der Waals surface area (Å²) in [6.45, 7) is 3.84. The minimum Gasteiger partial charge on any atom is -0.490 e. The van der Waals surface area contributed by atoms with E-state index in [1.54, 1.807) is 24.3 Å². The third-order valence-corrected chi connectivity index (χ3v) is 3.02. The van der Waals surface area contributed by atoms with E-state index in [0.717, 1.165) is 11.3 Å². The lowest BCUT2D eigenvalue weighted by Crippen LogP contribution is -2.13. The van der Waals surface area contributed by atoms with Crippen molar-refractivity contribution in [1.82, 2.24) is 0 Å². The first-order valence-corrected chi connectivity index (χ1v) is 7.29. The Balaban J connectivity index is 1.80. The van der Waals surface area contributed by atoms with Crippen LogP contribution in [0.25, 0.3) is 0 Å². The molecule has 0 unspecified atom stereocenters. The molecule has 0 aliphatic rings. The van der Waals surface area contributed by atoms with Gasteiger partial charge in [-0.3, -0.25) is 4.79 Å². The maximum absolute atomic E-state index is 11.9. The van der Waals surface area contributed by atoms with Gasteiger partial charge in [0.25, 0.3) is 0 Å². The molecule has 5 heteroatoms. The first-order valence-electron chi connectivity index (χ1n) is 7.29. The van der Waals surface area contributed by atoms with Crippen LogP contribution < -0.4 is 10.1 Å². The molecule has 2 rings (SSSR count). The van der Waals surface area contributed by atoms with Crippen LogP contribution in [0.3, 0.4) is 0 Å². The molecule has 0 bridgehead atoms. The Morgan fingerprint density at radius 3 is 2.48 bits per heavy atom.